The Morgan fingerprint density at radius 2 is 2.29 bits per heavy atom. The summed E-state index contributed by atoms with van der Waals surface area (Å²) in [6.45, 7) is 2.15. The SMILES string of the molecule is Cc1nn(C)c2ncc(C(=O)O)c(NCC(O)C3CC3)c12. The van der Waals surface area contributed by atoms with Gasteiger partial charge in [-0.25, -0.2) is 9.78 Å². The Hall–Kier alpha value is -2.15. The van der Waals surface area contributed by atoms with Gasteiger partial charge in [0.2, 0.25) is 0 Å². The third-order valence-electron chi connectivity index (χ3n) is 3.91. The highest BCUT2D eigenvalue weighted by Crippen LogP contribution is 2.33. The number of hydrogen-bond acceptors (Lipinski definition) is 5. The Bertz CT molecular complexity index is 706. The zero-order valence-corrected chi connectivity index (χ0v) is 12.0. The highest BCUT2D eigenvalue weighted by Gasteiger charge is 2.30. The van der Waals surface area contributed by atoms with Crippen LogP contribution in [0.5, 0.6) is 0 Å². The lowest BCUT2D eigenvalue weighted by molar-refractivity contribution is 0.0697. The van der Waals surface area contributed by atoms with Crippen molar-refractivity contribution in [3.63, 3.8) is 0 Å². The van der Waals surface area contributed by atoms with Gasteiger partial charge in [0.25, 0.3) is 0 Å². The molecule has 1 fully saturated rings. The predicted molar refractivity (Wildman–Crippen MR) is 77.4 cm³/mol. The van der Waals surface area contributed by atoms with Crippen molar-refractivity contribution < 1.29 is 15.0 Å². The molecule has 1 unspecified atom stereocenters. The third-order valence-corrected chi connectivity index (χ3v) is 3.91. The van der Waals surface area contributed by atoms with Crippen LogP contribution in [0.2, 0.25) is 0 Å². The minimum absolute atomic E-state index is 0.0987. The lowest BCUT2D eigenvalue weighted by atomic mass is 10.1. The van der Waals surface area contributed by atoms with Crippen molar-refractivity contribution in [2.24, 2.45) is 13.0 Å². The van der Waals surface area contributed by atoms with Crippen LogP contribution in [0.4, 0.5) is 5.69 Å². The number of rotatable bonds is 5. The number of pyridine rings is 1. The fraction of sp³-hybridized carbons (Fsp3) is 0.500. The number of anilines is 1. The van der Waals surface area contributed by atoms with Gasteiger partial charge in [0.15, 0.2) is 5.65 Å². The summed E-state index contributed by atoms with van der Waals surface area (Å²) in [7, 11) is 1.77. The van der Waals surface area contributed by atoms with Gasteiger partial charge in [-0.3, -0.25) is 4.68 Å². The first kappa shape index (κ1) is 13.8. The van der Waals surface area contributed by atoms with Gasteiger partial charge in [-0.2, -0.15) is 5.10 Å². The van der Waals surface area contributed by atoms with E-state index in [1.165, 1.54) is 6.20 Å². The maximum absolute atomic E-state index is 11.4. The van der Waals surface area contributed by atoms with Gasteiger partial charge in [0.1, 0.15) is 5.56 Å². The molecule has 21 heavy (non-hydrogen) atoms. The molecule has 0 bridgehead atoms. The molecule has 2 aromatic heterocycles. The number of nitrogens with one attached hydrogen (secondary N) is 1. The smallest absolute Gasteiger partial charge is 0.339 e. The Labute approximate surface area is 121 Å². The van der Waals surface area contributed by atoms with E-state index in [4.69, 9.17) is 0 Å². The first-order valence-corrected chi connectivity index (χ1v) is 6.96. The lowest BCUT2D eigenvalue weighted by Gasteiger charge is -2.14. The fourth-order valence-corrected chi connectivity index (χ4v) is 2.61. The molecule has 7 heteroatoms. The molecular weight excluding hydrogens is 272 g/mol. The van der Waals surface area contributed by atoms with E-state index in [0.717, 1.165) is 12.8 Å². The van der Waals surface area contributed by atoms with Crippen LogP contribution in [0, 0.1) is 12.8 Å². The van der Waals surface area contributed by atoms with Crippen molar-refractivity contribution in [1.29, 1.82) is 0 Å². The minimum Gasteiger partial charge on any atom is -0.478 e. The summed E-state index contributed by atoms with van der Waals surface area (Å²) in [5, 5.41) is 27.4. The van der Waals surface area contributed by atoms with Crippen LogP contribution >= 0.6 is 0 Å². The number of carbonyl (C=O) groups is 1. The first-order chi connectivity index (χ1) is 9.99. The van der Waals surface area contributed by atoms with E-state index in [1.807, 2.05) is 6.92 Å². The molecular formula is C14H18N4O3. The topological polar surface area (TPSA) is 100 Å². The number of aliphatic hydroxyl groups excluding tert-OH is 1. The predicted octanol–water partition coefficient (Wildman–Crippen LogP) is 1.16. The molecule has 0 amide bonds. The van der Waals surface area contributed by atoms with Gasteiger partial charge in [-0.1, -0.05) is 0 Å². The molecule has 0 spiro atoms. The van der Waals surface area contributed by atoms with Crippen molar-refractivity contribution in [2.45, 2.75) is 25.9 Å². The molecule has 0 radical (unpaired) electrons. The zero-order valence-electron chi connectivity index (χ0n) is 12.0. The summed E-state index contributed by atoms with van der Waals surface area (Å²) < 4.78 is 1.62. The minimum atomic E-state index is -1.05. The van der Waals surface area contributed by atoms with E-state index in [9.17, 15) is 15.0 Å². The van der Waals surface area contributed by atoms with Crippen LogP contribution in [-0.4, -0.2) is 43.6 Å². The molecule has 3 N–H and O–H groups in total. The second kappa shape index (κ2) is 5.00. The Balaban J connectivity index is 2.03. The van der Waals surface area contributed by atoms with Crippen molar-refractivity contribution in [3.8, 4) is 0 Å². The van der Waals surface area contributed by atoms with Crippen LogP contribution in [0.1, 0.15) is 28.9 Å². The zero-order chi connectivity index (χ0) is 15.1. The normalized spacial score (nSPS) is 16.1. The average Bonchev–Trinajstić information content (AvgIpc) is 3.23. The van der Waals surface area contributed by atoms with E-state index in [1.54, 1.807) is 11.7 Å². The molecule has 112 valence electrons. The second-order valence-corrected chi connectivity index (χ2v) is 5.55. The van der Waals surface area contributed by atoms with Crippen LogP contribution in [0.3, 0.4) is 0 Å². The highest BCUT2D eigenvalue weighted by molar-refractivity contribution is 6.04. The highest BCUT2D eigenvalue weighted by atomic mass is 16.4. The summed E-state index contributed by atoms with van der Waals surface area (Å²) in [5.41, 5.74) is 1.92. The Morgan fingerprint density at radius 1 is 1.57 bits per heavy atom. The molecule has 1 saturated carbocycles. The van der Waals surface area contributed by atoms with Crippen LogP contribution in [-0.2, 0) is 7.05 Å². The molecule has 0 saturated heterocycles. The monoisotopic (exact) mass is 290 g/mol. The molecule has 2 aromatic rings. The van der Waals surface area contributed by atoms with E-state index in [2.05, 4.69) is 15.4 Å². The lowest BCUT2D eigenvalue weighted by Crippen LogP contribution is -2.22. The van der Waals surface area contributed by atoms with E-state index >= 15 is 0 Å². The number of fused-ring (bicyclic) bond motifs is 1. The summed E-state index contributed by atoms with van der Waals surface area (Å²) >= 11 is 0. The van der Waals surface area contributed by atoms with Gasteiger partial charge in [-0.15, -0.1) is 0 Å². The second-order valence-electron chi connectivity index (χ2n) is 5.55. The number of aryl methyl sites for hydroxylation is 2. The van der Waals surface area contributed by atoms with Crippen LogP contribution in [0.15, 0.2) is 6.20 Å². The van der Waals surface area contributed by atoms with Gasteiger partial charge in [0, 0.05) is 19.8 Å². The van der Waals surface area contributed by atoms with Crippen molar-refractivity contribution >= 4 is 22.7 Å². The number of nitrogens with zero attached hydrogens (tertiary/aromatic N) is 3. The van der Waals surface area contributed by atoms with Gasteiger partial charge in [-0.05, 0) is 25.7 Å². The summed E-state index contributed by atoms with van der Waals surface area (Å²) in [6.07, 6.45) is 2.95. The van der Waals surface area contributed by atoms with Crippen LogP contribution in [0.25, 0.3) is 11.0 Å². The largest absolute Gasteiger partial charge is 0.478 e. The summed E-state index contributed by atoms with van der Waals surface area (Å²) in [6, 6.07) is 0. The van der Waals surface area contributed by atoms with Crippen molar-refractivity contribution in [1.82, 2.24) is 14.8 Å². The van der Waals surface area contributed by atoms with Gasteiger partial charge < -0.3 is 15.5 Å². The molecule has 1 atom stereocenters. The number of aliphatic hydroxyl groups is 1. The third kappa shape index (κ3) is 2.44. The van der Waals surface area contributed by atoms with Crippen molar-refractivity contribution in [3.05, 3.63) is 17.5 Å². The van der Waals surface area contributed by atoms with Gasteiger partial charge in [0.05, 0.1) is 22.9 Å². The van der Waals surface area contributed by atoms with E-state index in [0.29, 0.717) is 34.9 Å². The molecule has 3 rings (SSSR count). The standard InChI is InChI=1S/C14H18N4O3/c1-7-11-12(15-6-10(19)8-3-4-8)9(14(20)21)5-16-13(11)18(2)17-7/h5,8,10,19H,3-4,6H2,1-2H3,(H,15,16)(H,20,21). The number of aromatic carboxylic acids is 1. The fourth-order valence-electron chi connectivity index (χ4n) is 2.61. The van der Waals surface area contributed by atoms with Gasteiger partial charge >= 0.3 is 5.97 Å². The Morgan fingerprint density at radius 3 is 2.90 bits per heavy atom. The Kier molecular flexibility index (Phi) is 3.29. The molecule has 1 aliphatic carbocycles. The molecule has 7 nitrogen and oxygen atoms in total. The summed E-state index contributed by atoms with van der Waals surface area (Å²) in [5.74, 6) is -0.714. The number of aromatic nitrogens is 3. The quantitative estimate of drug-likeness (QED) is 0.764. The number of carboxylic acids is 1. The molecule has 0 aliphatic heterocycles. The van der Waals surface area contributed by atoms with E-state index in [-0.39, 0.29) is 5.56 Å². The maximum Gasteiger partial charge on any atom is 0.339 e. The molecule has 0 aromatic carbocycles. The first-order valence-electron chi connectivity index (χ1n) is 6.96. The summed E-state index contributed by atoms with van der Waals surface area (Å²) in [4.78, 5) is 15.6. The maximum atomic E-state index is 11.4. The van der Waals surface area contributed by atoms with Crippen molar-refractivity contribution in [2.75, 3.05) is 11.9 Å². The number of carboxylic acid groups (broad SMARTS) is 1. The van der Waals surface area contributed by atoms with E-state index < -0.39 is 12.1 Å². The molecule has 2 heterocycles. The van der Waals surface area contributed by atoms with Crippen LogP contribution < -0.4 is 5.32 Å². The average molecular weight is 290 g/mol. The molecule has 1 aliphatic rings. The number of hydrogen-bond donors (Lipinski definition) is 3.